The molecule has 0 aliphatic rings. The standard InChI is InChI=1S/C17H14N4S/c1-11-6-5-8-13(10-11)16-20-21-15(18-19-17(21)22-16)14-9-4-3-7-12(14)2/h3-10H,1-2H3. The molecule has 0 aliphatic heterocycles. The lowest BCUT2D eigenvalue weighted by Gasteiger charge is -2.01. The maximum Gasteiger partial charge on any atom is 0.235 e. The van der Waals surface area contributed by atoms with E-state index < -0.39 is 0 Å². The first-order valence-corrected chi connectivity index (χ1v) is 7.89. The number of hydrogen-bond acceptors (Lipinski definition) is 4. The van der Waals surface area contributed by atoms with Crippen molar-refractivity contribution >= 4 is 16.3 Å². The van der Waals surface area contributed by atoms with E-state index in [-0.39, 0.29) is 0 Å². The molecule has 0 saturated heterocycles. The summed E-state index contributed by atoms with van der Waals surface area (Å²) < 4.78 is 1.84. The van der Waals surface area contributed by atoms with Crippen LogP contribution < -0.4 is 0 Å². The first kappa shape index (κ1) is 13.2. The summed E-state index contributed by atoms with van der Waals surface area (Å²) >= 11 is 1.56. The van der Waals surface area contributed by atoms with E-state index in [1.54, 1.807) is 11.3 Å². The topological polar surface area (TPSA) is 43.1 Å². The molecule has 4 nitrogen and oxygen atoms in total. The Bertz CT molecular complexity index is 968. The van der Waals surface area contributed by atoms with Gasteiger partial charge in [0.25, 0.3) is 0 Å². The molecule has 0 fully saturated rings. The summed E-state index contributed by atoms with van der Waals surface area (Å²) in [6.45, 7) is 4.16. The molecule has 5 heteroatoms. The molecule has 0 radical (unpaired) electrons. The van der Waals surface area contributed by atoms with Crippen molar-refractivity contribution in [2.24, 2.45) is 0 Å². The monoisotopic (exact) mass is 306 g/mol. The van der Waals surface area contributed by atoms with Crippen LogP contribution in [-0.4, -0.2) is 19.8 Å². The van der Waals surface area contributed by atoms with E-state index in [0.29, 0.717) is 0 Å². The van der Waals surface area contributed by atoms with Gasteiger partial charge in [0.15, 0.2) is 5.82 Å². The van der Waals surface area contributed by atoms with E-state index in [4.69, 9.17) is 5.10 Å². The summed E-state index contributed by atoms with van der Waals surface area (Å²) in [6.07, 6.45) is 0. The van der Waals surface area contributed by atoms with Crippen LogP contribution in [-0.2, 0) is 0 Å². The highest BCUT2D eigenvalue weighted by molar-refractivity contribution is 7.19. The lowest BCUT2D eigenvalue weighted by Crippen LogP contribution is -1.93. The lowest BCUT2D eigenvalue weighted by atomic mass is 10.1. The molecule has 2 aromatic heterocycles. The summed E-state index contributed by atoms with van der Waals surface area (Å²) in [4.78, 5) is 0.815. The highest BCUT2D eigenvalue weighted by Crippen LogP contribution is 2.29. The maximum atomic E-state index is 4.71. The number of rotatable bonds is 2. The van der Waals surface area contributed by atoms with Gasteiger partial charge in [0.2, 0.25) is 4.96 Å². The van der Waals surface area contributed by atoms with Gasteiger partial charge in [-0.05, 0) is 25.5 Å². The zero-order valence-electron chi connectivity index (χ0n) is 12.3. The lowest BCUT2D eigenvalue weighted by molar-refractivity contribution is 0.968. The van der Waals surface area contributed by atoms with Gasteiger partial charge in [-0.2, -0.15) is 9.61 Å². The van der Waals surface area contributed by atoms with Gasteiger partial charge in [0.1, 0.15) is 5.01 Å². The fourth-order valence-corrected chi connectivity index (χ4v) is 3.34. The highest BCUT2D eigenvalue weighted by Gasteiger charge is 2.15. The van der Waals surface area contributed by atoms with Crippen LogP contribution in [0, 0.1) is 13.8 Å². The smallest absolute Gasteiger partial charge is 0.182 e. The molecule has 2 aromatic carbocycles. The number of hydrogen-bond donors (Lipinski definition) is 0. The summed E-state index contributed by atoms with van der Waals surface area (Å²) in [6, 6.07) is 16.5. The normalized spacial score (nSPS) is 11.2. The van der Waals surface area contributed by atoms with Crippen molar-refractivity contribution in [2.45, 2.75) is 13.8 Å². The molecule has 0 saturated carbocycles. The van der Waals surface area contributed by atoms with Crippen LogP contribution in [0.3, 0.4) is 0 Å². The Labute approximate surface area is 132 Å². The average molecular weight is 306 g/mol. The Morgan fingerprint density at radius 1 is 0.955 bits per heavy atom. The van der Waals surface area contributed by atoms with Gasteiger partial charge in [-0.1, -0.05) is 59.4 Å². The Morgan fingerprint density at radius 3 is 2.64 bits per heavy atom. The molecule has 4 rings (SSSR count). The van der Waals surface area contributed by atoms with Crippen LogP contribution in [0.2, 0.25) is 0 Å². The first-order chi connectivity index (χ1) is 10.7. The fourth-order valence-electron chi connectivity index (χ4n) is 2.50. The van der Waals surface area contributed by atoms with Crippen LogP contribution in [0.4, 0.5) is 0 Å². The molecule has 0 amide bonds. The second-order valence-corrected chi connectivity index (χ2v) is 6.27. The van der Waals surface area contributed by atoms with Crippen LogP contribution in [0.1, 0.15) is 11.1 Å². The van der Waals surface area contributed by atoms with E-state index in [0.717, 1.165) is 26.9 Å². The van der Waals surface area contributed by atoms with E-state index in [2.05, 4.69) is 60.4 Å². The minimum atomic E-state index is 0.795. The van der Waals surface area contributed by atoms with Crippen molar-refractivity contribution in [3.8, 4) is 22.0 Å². The van der Waals surface area contributed by atoms with Gasteiger partial charge in [-0.25, -0.2) is 0 Å². The summed E-state index contributed by atoms with van der Waals surface area (Å²) in [5.74, 6) is 0.795. The Morgan fingerprint density at radius 2 is 1.82 bits per heavy atom. The molecule has 0 unspecified atom stereocenters. The molecule has 2 heterocycles. The largest absolute Gasteiger partial charge is 0.235 e. The molecule has 0 bridgehead atoms. The molecular weight excluding hydrogens is 292 g/mol. The Kier molecular flexibility index (Phi) is 3.01. The minimum Gasteiger partial charge on any atom is -0.182 e. The summed E-state index contributed by atoms with van der Waals surface area (Å²) in [5.41, 5.74) is 4.58. The van der Waals surface area contributed by atoms with Gasteiger partial charge in [-0.15, -0.1) is 10.2 Å². The fraction of sp³-hybridized carbons (Fsp3) is 0.118. The van der Waals surface area contributed by atoms with Gasteiger partial charge in [0.05, 0.1) is 0 Å². The number of benzene rings is 2. The van der Waals surface area contributed by atoms with Gasteiger partial charge in [0, 0.05) is 11.1 Å². The third kappa shape index (κ3) is 2.10. The third-order valence-corrected chi connectivity index (χ3v) is 4.59. The van der Waals surface area contributed by atoms with E-state index in [1.165, 1.54) is 11.1 Å². The zero-order valence-corrected chi connectivity index (χ0v) is 13.1. The summed E-state index contributed by atoms with van der Waals surface area (Å²) in [7, 11) is 0. The molecule has 0 aliphatic carbocycles. The predicted octanol–water partition coefficient (Wildman–Crippen LogP) is 4.14. The van der Waals surface area contributed by atoms with Gasteiger partial charge >= 0.3 is 0 Å². The molecule has 22 heavy (non-hydrogen) atoms. The van der Waals surface area contributed by atoms with Crippen LogP contribution >= 0.6 is 11.3 Å². The second kappa shape index (κ2) is 5.03. The predicted molar refractivity (Wildman–Crippen MR) is 89.0 cm³/mol. The number of nitrogens with zero attached hydrogens (tertiary/aromatic N) is 4. The van der Waals surface area contributed by atoms with Crippen LogP contribution in [0.25, 0.3) is 26.9 Å². The Hall–Kier alpha value is -2.53. The Balaban J connectivity index is 1.88. The molecule has 0 atom stereocenters. The van der Waals surface area contributed by atoms with Crippen LogP contribution in [0.15, 0.2) is 48.5 Å². The van der Waals surface area contributed by atoms with Crippen LogP contribution in [0.5, 0.6) is 0 Å². The highest BCUT2D eigenvalue weighted by atomic mass is 32.1. The molecule has 0 N–H and O–H groups in total. The van der Waals surface area contributed by atoms with Crippen molar-refractivity contribution in [3.63, 3.8) is 0 Å². The van der Waals surface area contributed by atoms with Gasteiger partial charge in [-0.3, -0.25) is 0 Å². The molecule has 108 valence electrons. The molecule has 0 spiro atoms. The van der Waals surface area contributed by atoms with Crippen molar-refractivity contribution in [1.29, 1.82) is 0 Å². The number of aryl methyl sites for hydroxylation is 2. The van der Waals surface area contributed by atoms with E-state index >= 15 is 0 Å². The van der Waals surface area contributed by atoms with Crippen molar-refractivity contribution < 1.29 is 0 Å². The number of aromatic nitrogens is 4. The van der Waals surface area contributed by atoms with Crippen molar-refractivity contribution in [3.05, 3.63) is 59.7 Å². The van der Waals surface area contributed by atoms with Gasteiger partial charge < -0.3 is 0 Å². The zero-order chi connectivity index (χ0) is 15.1. The number of fused-ring (bicyclic) bond motifs is 1. The van der Waals surface area contributed by atoms with E-state index in [9.17, 15) is 0 Å². The maximum absolute atomic E-state index is 4.71. The quantitative estimate of drug-likeness (QED) is 0.559. The SMILES string of the molecule is Cc1cccc(-c2nn3c(-c4ccccc4C)nnc3s2)c1. The average Bonchev–Trinajstić information content (AvgIpc) is 3.08. The van der Waals surface area contributed by atoms with Crippen molar-refractivity contribution in [2.75, 3.05) is 0 Å². The molecule has 4 aromatic rings. The second-order valence-electron chi connectivity index (χ2n) is 5.31. The molecular formula is C17H14N4S. The van der Waals surface area contributed by atoms with E-state index in [1.807, 2.05) is 16.6 Å². The third-order valence-electron chi connectivity index (χ3n) is 3.64. The summed E-state index contributed by atoms with van der Waals surface area (Å²) in [5, 5.41) is 14.2. The first-order valence-electron chi connectivity index (χ1n) is 7.07. The minimum absolute atomic E-state index is 0.795. The van der Waals surface area contributed by atoms with Crippen molar-refractivity contribution in [1.82, 2.24) is 19.8 Å².